The molecule has 2 fully saturated rings. The average molecular weight is 451 g/mol. The lowest BCUT2D eigenvalue weighted by molar-refractivity contribution is -0.216. The molecular weight excluding hydrogens is 420 g/mol. The fraction of sp³-hybridized carbons (Fsp3) is 0.842. The highest BCUT2D eigenvalue weighted by Gasteiger charge is 2.52. The quantitative estimate of drug-likeness (QED) is 0.274. The van der Waals surface area contributed by atoms with Crippen molar-refractivity contribution < 1.29 is 29.6 Å². The summed E-state index contributed by atoms with van der Waals surface area (Å²) < 4.78 is 11.8. The predicted molar refractivity (Wildman–Crippen MR) is 111 cm³/mol. The summed E-state index contributed by atoms with van der Waals surface area (Å²) in [5.74, 6) is -0.0697. The SMILES string of the molecule is CSC1CC(O)(CO)C(O)[C@@H]([C@H](NC(=O)[C@H]2NC[C@@H]3CC=CCO[C@H]32)[C@H](C)Cl)O1. The molecule has 166 valence electrons. The van der Waals surface area contributed by atoms with E-state index in [0.29, 0.717) is 13.2 Å². The number of aliphatic hydroxyl groups is 3. The number of amides is 1. The number of nitrogens with one attached hydrogen (secondary N) is 2. The summed E-state index contributed by atoms with van der Waals surface area (Å²) in [6.07, 6.45) is 4.15. The molecule has 3 rings (SSSR count). The molecule has 3 aliphatic rings. The van der Waals surface area contributed by atoms with Gasteiger partial charge in [0.15, 0.2) is 0 Å². The summed E-state index contributed by atoms with van der Waals surface area (Å²) in [6.45, 7) is 2.22. The molecular formula is C19H31ClN2O6S. The summed E-state index contributed by atoms with van der Waals surface area (Å²) in [5.41, 5.74) is -2.17. The molecule has 3 aliphatic heterocycles. The third-order valence-electron chi connectivity index (χ3n) is 6.05. The van der Waals surface area contributed by atoms with Crippen molar-refractivity contribution >= 4 is 29.3 Å². The number of ether oxygens (including phenoxy) is 2. The van der Waals surface area contributed by atoms with E-state index < -0.39 is 47.3 Å². The van der Waals surface area contributed by atoms with Gasteiger partial charge in [0.25, 0.3) is 0 Å². The number of allylic oxidation sites excluding steroid dienone is 1. The number of carbonyl (C=O) groups excluding carboxylic acids is 1. The van der Waals surface area contributed by atoms with Crippen LogP contribution >= 0.6 is 23.4 Å². The lowest BCUT2D eigenvalue weighted by Crippen LogP contribution is -2.66. The van der Waals surface area contributed by atoms with E-state index in [1.54, 1.807) is 6.92 Å². The summed E-state index contributed by atoms with van der Waals surface area (Å²) in [7, 11) is 0. The highest BCUT2D eigenvalue weighted by molar-refractivity contribution is 7.99. The molecule has 2 saturated heterocycles. The molecule has 3 heterocycles. The Bertz CT molecular complexity index is 611. The number of hydrogen-bond donors (Lipinski definition) is 5. The molecule has 0 aliphatic carbocycles. The molecule has 0 radical (unpaired) electrons. The number of halogens is 1. The van der Waals surface area contributed by atoms with Crippen LogP contribution < -0.4 is 10.6 Å². The van der Waals surface area contributed by atoms with Crippen LogP contribution in [0.1, 0.15) is 19.8 Å². The zero-order valence-electron chi connectivity index (χ0n) is 16.7. The number of carbonyl (C=O) groups is 1. The maximum absolute atomic E-state index is 13.1. The zero-order valence-corrected chi connectivity index (χ0v) is 18.2. The number of aliphatic hydroxyl groups excluding tert-OH is 2. The first-order valence-corrected chi connectivity index (χ1v) is 11.7. The first-order valence-electron chi connectivity index (χ1n) is 9.94. The van der Waals surface area contributed by atoms with Gasteiger partial charge >= 0.3 is 0 Å². The van der Waals surface area contributed by atoms with Crippen molar-refractivity contribution in [3.63, 3.8) is 0 Å². The van der Waals surface area contributed by atoms with E-state index in [4.69, 9.17) is 21.1 Å². The van der Waals surface area contributed by atoms with Crippen molar-refractivity contribution in [3.05, 3.63) is 12.2 Å². The number of rotatable bonds is 6. The van der Waals surface area contributed by atoms with Crippen molar-refractivity contribution in [1.29, 1.82) is 0 Å². The molecule has 1 amide bonds. The van der Waals surface area contributed by atoms with Crippen LogP contribution in [0.4, 0.5) is 0 Å². The van der Waals surface area contributed by atoms with E-state index >= 15 is 0 Å². The van der Waals surface area contributed by atoms with Crippen molar-refractivity contribution in [3.8, 4) is 0 Å². The van der Waals surface area contributed by atoms with Gasteiger partial charge in [0, 0.05) is 18.9 Å². The average Bonchev–Trinajstić information content (AvgIpc) is 2.96. The van der Waals surface area contributed by atoms with Gasteiger partial charge < -0.3 is 35.4 Å². The van der Waals surface area contributed by atoms with Crippen molar-refractivity contribution in [2.24, 2.45) is 5.92 Å². The largest absolute Gasteiger partial charge is 0.393 e. The van der Waals surface area contributed by atoms with Gasteiger partial charge in [-0.3, -0.25) is 4.79 Å². The van der Waals surface area contributed by atoms with E-state index in [1.165, 1.54) is 11.8 Å². The molecule has 0 aromatic rings. The second-order valence-electron chi connectivity index (χ2n) is 8.04. The van der Waals surface area contributed by atoms with Crippen molar-refractivity contribution in [2.75, 3.05) is 26.0 Å². The van der Waals surface area contributed by atoms with E-state index in [0.717, 1.165) is 6.42 Å². The Morgan fingerprint density at radius 1 is 1.48 bits per heavy atom. The minimum Gasteiger partial charge on any atom is -0.393 e. The van der Waals surface area contributed by atoms with Gasteiger partial charge in [0.2, 0.25) is 5.91 Å². The van der Waals surface area contributed by atoms with E-state index in [9.17, 15) is 20.1 Å². The van der Waals surface area contributed by atoms with Crippen LogP contribution in [0.25, 0.3) is 0 Å². The summed E-state index contributed by atoms with van der Waals surface area (Å²) in [4.78, 5) is 13.1. The topological polar surface area (TPSA) is 120 Å². The van der Waals surface area contributed by atoms with Crippen molar-refractivity contribution in [2.45, 2.75) is 66.6 Å². The molecule has 10 heteroatoms. The van der Waals surface area contributed by atoms with Gasteiger partial charge in [0.05, 0.1) is 30.7 Å². The third kappa shape index (κ3) is 4.93. The second kappa shape index (κ2) is 9.82. The molecule has 0 spiro atoms. The monoisotopic (exact) mass is 450 g/mol. The summed E-state index contributed by atoms with van der Waals surface area (Å²) in [5, 5.41) is 36.6. The molecule has 29 heavy (non-hydrogen) atoms. The van der Waals surface area contributed by atoms with Crippen LogP contribution in [0, 0.1) is 5.92 Å². The third-order valence-corrected chi connectivity index (χ3v) is 7.13. The van der Waals surface area contributed by atoms with E-state index in [1.807, 2.05) is 12.3 Å². The Labute approximate surface area is 180 Å². The van der Waals surface area contributed by atoms with Gasteiger partial charge in [0.1, 0.15) is 29.3 Å². The Morgan fingerprint density at radius 3 is 2.90 bits per heavy atom. The molecule has 9 atom stereocenters. The Balaban J connectivity index is 1.74. The second-order valence-corrected chi connectivity index (χ2v) is 9.73. The highest BCUT2D eigenvalue weighted by atomic mass is 35.5. The first-order chi connectivity index (χ1) is 13.8. The molecule has 8 nitrogen and oxygen atoms in total. The number of thioether (sulfide) groups is 1. The van der Waals surface area contributed by atoms with Gasteiger partial charge in [-0.15, -0.1) is 23.4 Å². The standard InChI is InChI=1S/C19H31ClN2O6S/c1-10(20)13(16-17(24)19(26,9-23)7-12(28-16)29-2)22-18(25)14-15-11(8-21-14)5-3-4-6-27-15/h3-4,10-17,21,23-24,26H,5-9H2,1-2H3,(H,22,25)/t10-,11-,12?,13+,14-,15+,16+,17?,19?/m0/s1. The first kappa shape index (κ1) is 23.3. The van der Waals surface area contributed by atoms with E-state index in [-0.39, 0.29) is 24.3 Å². The number of fused-ring (bicyclic) bond motifs is 1. The minimum atomic E-state index is -1.72. The zero-order chi connectivity index (χ0) is 21.2. The maximum Gasteiger partial charge on any atom is 0.240 e. The van der Waals surface area contributed by atoms with Crippen LogP contribution in [0.2, 0.25) is 0 Å². The van der Waals surface area contributed by atoms with Crippen molar-refractivity contribution in [1.82, 2.24) is 10.6 Å². The lowest BCUT2D eigenvalue weighted by Gasteiger charge is -2.47. The normalized spacial score (nSPS) is 42.0. The Hall–Kier alpha value is -0.390. The highest BCUT2D eigenvalue weighted by Crippen LogP contribution is 2.36. The van der Waals surface area contributed by atoms with Gasteiger partial charge in [-0.1, -0.05) is 12.2 Å². The predicted octanol–water partition coefficient (Wildman–Crippen LogP) is -0.406. The summed E-state index contributed by atoms with van der Waals surface area (Å²) >= 11 is 7.73. The van der Waals surface area contributed by atoms with Crippen LogP contribution in [0.15, 0.2) is 12.2 Å². The van der Waals surface area contributed by atoms with E-state index in [2.05, 4.69) is 16.7 Å². The Kier molecular flexibility index (Phi) is 7.89. The maximum atomic E-state index is 13.1. The molecule has 5 N–H and O–H groups in total. The van der Waals surface area contributed by atoms with Gasteiger partial charge in [-0.2, -0.15) is 0 Å². The van der Waals surface area contributed by atoms with Gasteiger partial charge in [-0.05, 0) is 19.6 Å². The molecule has 0 saturated carbocycles. The molecule has 3 unspecified atom stereocenters. The van der Waals surface area contributed by atoms with Crippen LogP contribution in [0.3, 0.4) is 0 Å². The Morgan fingerprint density at radius 2 is 2.24 bits per heavy atom. The molecule has 0 aromatic heterocycles. The fourth-order valence-corrected chi connectivity index (χ4v) is 5.18. The minimum absolute atomic E-state index is 0.0778. The number of hydrogen-bond acceptors (Lipinski definition) is 8. The van der Waals surface area contributed by atoms with Gasteiger partial charge in [-0.25, -0.2) is 0 Å². The molecule has 0 bridgehead atoms. The van der Waals surface area contributed by atoms with Crippen LogP contribution in [0.5, 0.6) is 0 Å². The van der Waals surface area contributed by atoms with Crippen LogP contribution in [-0.2, 0) is 14.3 Å². The smallest absolute Gasteiger partial charge is 0.240 e. The number of alkyl halides is 1. The molecule has 0 aromatic carbocycles. The lowest BCUT2D eigenvalue weighted by atomic mass is 9.84. The van der Waals surface area contributed by atoms with Crippen LogP contribution in [-0.4, -0.2) is 94.1 Å². The summed E-state index contributed by atoms with van der Waals surface area (Å²) in [6, 6.07) is -1.30. The fourth-order valence-electron chi connectivity index (χ4n) is 4.28.